The fourth-order valence-electron chi connectivity index (χ4n) is 3.07. The summed E-state index contributed by atoms with van der Waals surface area (Å²) in [5, 5.41) is 9.61. The van der Waals surface area contributed by atoms with Crippen molar-refractivity contribution in [3.63, 3.8) is 0 Å². The molecule has 7 nitrogen and oxygen atoms in total. The van der Waals surface area contributed by atoms with Gasteiger partial charge in [-0.25, -0.2) is 4.79 Å². The number of methoxy groups -OCH3 is 1. The maximum atomic E-state index is 12.5. The fraction of sp³-hybridized carbons (Fsp3) is 0.300. The summed E-state index contributed by atoms with van der Waals surface area (Å²) in [5.74, 6) is 0.964. The number of ether oxygens (including phenoxy) is 3. The van der Waals surface area contributed by atoms with Crippen LogP contribution in [0, 0.1) is 18.3 Å². The molecule has 1 aromatic heterocycles. The van der Waals surface area contributed by atoms with Crippen LogP contribution in [0.1, 0.15) is 36.7 Å². The first kappa shape index (κ1) is 18.4. The number of hydrogen-bond donors (Lipinski definition) is 1. The minimum atomic E-state index is -0.724. The van der Waals surface area contributed by atoms with Gasteiger partial charge in [0.15, 0.2) is 11.5 Å². The first-order valence-corrected chi connectivity index (χ1v) is 8.42. The second kappa shape index (κ2) is 7.08. The zero-order valence-corrected chi connectivity index (χ0v) is 15.5. The molecule has 140 valence electrons. The van der Waals surface area contributed by atoms with E-state index < -0.39 is 11.5 Å². The number of allylic oxidation sites excluding steroid dienone is 1. The van der Waals surface area contributed by atoms with Gasteiger partial charge in [-0.2, -0.15) is 5.26 Å². The van der Waals surface area contributed by atoms with E-state index in [4.69, 9.17) is 24.4 Å². The van der Waals surface area contributed by atoms with Gasteiger partial charge >= 0.3 is 5.63 Å². The van der Waals surface area contributed by atoms with Crippen molar-refractivity contribution in [3.05, 3.63) is 63.0 Å². The van der Waals surface area contributed by atoms with Crippen LogP contribution in [0.15, 0.2) is 44.9 Å². The van der Waals surface area contributed by atoms with Crippen LogP contribution in [-0.4, -0.2) is 13.2 Å². The Hall–Kier alpha value is -3.40. The molecule has 27 heavy (non-hydrogen) atoms. The summed E-state index contributed by atoms with van der Waals surface area (Å²) >= 11 is 0. The average Bonchev–Trinajstić information content (AvgIpc) is 2.60. The van der Waals surface area contributed by atoms with Gasteiger partial charge in [0.05, 0.1) is 24.7 Å². The molecular weight excluding hydrogens is 348 g/mol. The second-order valence-corrected chi connectivity index (χ2v) is 6.42. The largest absolute Gasteiger partial charge is 0.493 e. The lowest BCUT2D eigenvalue weighted by Gasteiger charge is -2.25. The van der Waals surface area contributed by atoms with Gasteiger partial charge in [0.25, 0.3) is 0 Å². The minimum absolute atomic E-state index is 0.0335. The average molecular weight is 368 g/mol. The molecule has 1 aliphatic rings. The van der Waals surface area contributed by atoms with Crippen LogP contribution in [0.2, 0.25) is 0 Å². The van der Waals surface area contributed by atoms with Crippen LogP contribution in [0.25, 0.3) is 0 Å². The van der Waals surface area contributed by atoms with Crippen LogP contribution >= 0.6 is 0 Å². The molecule has 7 heteroatoms. The third-order valence-corrected chi connectivity index (χ3v) is 4.14. The van der Waals surface area contributed by atoms with E-state index in [9.17, 15) is 10.1 Å². The van der Waals surface area contributed by atoms with Gasteiger partial charge in [-0.05, 0) is 38.5 Å². The minimum Gasteiger partial charge on any atom is -0.493 e. The molecule has 1 atom stereocenters. The molecule has 1 aliphatic heterocycles. The predicted octanol–water partition coefficient (Wildman–Crippen LogP) is 2.96. The van der Waals surface area contributed by atoms with E-state index in [1.807, 2.05) is 19.9 Å². The highest BCUT2D eigenvalue weighted by Gasteiger charge is 2.34. The zero-order valence-electron chi connectivity index (χ0n) is 15.5. The maximum absolute atomic E-state index is 12.5. The predicted molar refractivity (Wildman–Crippen MR) is 97.8 cm³/mol. The van der Waals surface area contributed by atoms with Crippen molar-refractivity contribution in [1.82, 2.24) is 0 Å². The van der Waals surface area contributed by atoms with Crippen molar-refractivity contribution in [3.8, 4) is 23.3 Å². The van der Waals surface area contributed by atoms with Crippen molar-refractivity contribution >= 4 is 0 Å². The Kier molecular flexibility index (Phi) is 4.82. The summed E-state index contributed by atoms with van der Waals surface area (Å²) in [7, 11) is 1.53. The number of nitrogens with zero attached hydrogens (tertiary/aromatic N) is 1. The van der Waals surface area contributed by atoms with Gasteiger partial charge in [-0.1, -0.05) is 6.07 Å². The Labute approximate surface area is 156 Å². The van der Waals surface area contributed by atoms with E-state index in [2.05, 4.69) is 0 Å². The van der Waals surface area contributed by atoms with Gasteiger partial charge < -0.3 is 24.4 Å². The van der Waals surface area contributed by atoms with Crippen molar-refractivity contribution in [1.29, 1.82) is 5.26 Å². The Bertz CT molecular complexity index is 1010. The molecule has 1 unspecified atom stereocenters. The van der Waals surface area contributed by atoms with Crippen LogP contribution in [0.5, 0.6) is 17.2 Å². The normalized spacial score (nSPS) is 15.8. The number of hydrogen-bond acceptors (Lipinski definition) is 7. The molecule has 2 aromatic rings. The molecule has 0 spiro atoms. The molecule has 2 heterocycles. The Balaban J connectivity index is 2.21. The lowest BCUT2D eigenvalue weighted by atomic mass is 9.84. The highest BCUT2D eigenvalue weighted by molar-refractivity contribution is 5.57. The molecule has 0 saturated carbocycles. The standard InChI is InChI=1S/C20H20N2O5/c1-10(2)25-14-6-5-12(8-15(14)24-4)17-13(9-21)19(22)27-16-7-11(3)26-20(23)18(16)17/h5-8,10,17H,22H2,1-4H3. The summed E-state index contributed by atoms with van der Waals surface area (Å²) in [5.41, 5.74) is 6.38. The molecule has 0 bridgehead atoms. The summed E-state index contributed by atoms with van der Waals surface area (Å²) in [4.78, 5) is 12.5. The highest BCUT2D eigenvalue weighted by atomic mass is 16.5. The van der Waals surface area contributed by atoms with Gasteiger partial charge in [-0.3, -0.25) is 0 Å². The molecular formula is C20H20N2O5. The van der Waals surface area contributed by atoms with Crippen LogP contribution in [-0.2, 0) is 0 Å². The van der Waals surface area contributed by atoms with Gasteiger partial charge in [0.2, 0.25) is 5.88 Å². The first-order chi connectivity index (χ1) is 12.8. The number of aryl methyl sites for hydroxylation is 1. The van der Waals surface area contributed by atoms with Gasteiger partial charge in [-0.15, -0.1) is 0 Å². The number of nitriles is 1. The van der Waals surface area contributed by atoms with Gasteiger partial charge in [0.1, 0.15) is 23.2 Å². The van der Waals surface area contributed by atoms with Crippen molar-refractivity contribution in [2.24, 2.45) is 5.73 Å². The van der Waals surface area contributed by atoms with E-state index in [1.54, 1.807) is 31.2 Å². The van der Waals surface area contributed by atoms with Gasteiger partial charge in [0, 0.05) is 6.07 Å². The third kappa shape index (κ3) is 3.34. The molecule has 0 radical (unpaired) electrons. The molecule has 0 saturated heterocycles. The molecule has 0 aliphatic carbocycles. The number of fused-ring (bicyclic) bond motifs is 1. The number of benzene rings is 1. The summed E-state index contributed by atoms with van der Waals surface area (Å²) < 4.78 is 21.9. The van der Waals surface area contributed by atoms with Crippen molar-refractivity contribution in [2.75, 3.05) is 7.11 Å². The Morgan fingerprint density at radius 2 is 2.00 bits per heavy atom. The first-order valence-electron chi connectivity index (χ1n) is 8.42. The monoisotopic (exact) mass is 368 g/mol. The highest BCUT2D eigenvalue weighted by Crippen LogP contribution is 2.42. The SMILES string of the molecule is COc1cc(C2C(C#N)=C(N)Oc3cc(C)oc(=O)c32)ccc1OC(C)C. The molecule has 0 fully saturated rings. The zero-order chi connectivity index (χ0) is 19.7. The summed E-state index contributed by atoms with van der Waals surface area (Å²) in [6.07, 6.45) is -0.0335. The lowest BCUT2D eigenvalue weighted by molar-refractivity contribution is 0.230. The fourth-order valence-corrected chi connectivity index (χ4v) is 3.07. The van der Waals surface area contributed by atoms with Crippen molar-refractivity contribution < 1.29 is 18.6 Å². The van der Waals surface area contributed by atoms with Crippen LogP contribution in [0.4, 0.5) is 0 Å². The molecule has 2 N–H and O–H groups in total. The summed E-state index contributed by atoms with van der Waals surface area (Å²) in [6.45, 7) is 5.46. The lowest BCUT2D eigenvalue weighted by Crippen LogP contribution is -2.26. The van der Waals surface area contributed by atoms with E-state index in [0.717, 1.165) is 0 Å². The van der Waals surface area contributed by atoms with E-state index in [0.29, 0.717) is 22.8 Å². The Morgan fingerprint density at radius 3 is 2.63 bits per heavy atom. The molecule has 3 rings (SSSR count). The second-order valence-electron chi connectivity index (χ2n) is 6.42. The smallest absolute Gasteiger partial charge is 0.343 e. The van der Waals surface area contributed by atoms with Crippen LogP contribution < -0.4 is 25.6 Å². The van der Waals surface area contributed by atoms with E-state index in [1.165, 1.54) is 7.11 Å². The maximum Gasteiger partial charge on any atom is 0.343 e. The van der Waals surface area contributed by atoms with E-state index in [-0.39, 0.29) is 28.9 Å². The topological polar surface area (TPSA) is 108 Å². The number of nitrogens with two attached hydrogens (primary N) is 1. The molecule has 0 amide bonds. The third-order valence-electron chi connectivity index (χ3n) is 4.14. The van der Waals surface area contributed by atoms with E-state index >= 15 is 0 Å². The Morgan fingerprint density at radius 1 is 1.26 bits per heavy atom. The summed E-state index contributed by atoms with van der Waals surface area (Å²) in [6, 6.07) is 8.86. The molecule has 1 aromatic carbocycles. The quantitative estimate of drug-likeness (QED) is 0.884. The van der Waals surface area contributed by atoms with Crippen molar-refractivity contribution in [2.45, 2.75) is 32.8 Å². The number of rotatable bonds is 4. The van der Waals surface area contributed by atoms with Crippen LogP contribution in [0.3, 0.4) is 0 Å².